The fourth-order valence-electron chi connectivity index (χ4n) is 2.69. The summed E-state index contributed by atoms with van der Waals surface area (Å²) in [5.41, 5.74) is 0.682. The Morgan fingerprint density at radius 3 is 2.94 bits per heavy atom. The van der Waals surface area contributed by atoms with E-state index in [0.29, 0.717) is 31.2 Å². The molecule has 0 bridgehead atoms. The lowest BCUT2D eigenvalue weighted by atomic mass is 10.00. The van der Waals surface area contributed by atoms with Crippen molar-refractivity contribution in [2.75, 3.05) is 26.2 Å². The Kier molecular flexibility index (Phi) is 3.01. The minimum atomic E-state index is -0.185. The first kappa shape index (κ1) is 11.6. The Morgan fingerprint density at radius 2 is 2.11 bits per heavy atom. The van der Waals surface area contributed by atoms with Gasteiger partial charge < -0.3 is 10.6 Å². The van der Waals surface area contributed by atoms with Crippen LogP contribution in [0.4, 0.5) is 4.39 Å². The molecule has 1 amide bonds. The average Bonchev–Trinajstić information content (AvgIpc) is 2.38. The molecule has 2 saturated heterocycles. The molecular weight excluding hydrogens is 233 g/mol. The van der Waals surface area contributed by atoms with Gasteiger partial charge in [-0.25, -0.2) is 4.39 Å². The standard InChI is InChI=1S/C13H16FN3O/c14-11-4-2-1-3-10(11)12-7-17-8-13(18)16-6-9(17)5-15-12/h1-4,9,12,15H,5-8H2,(H,16,18). The maximum Gasteiger partial charge on any atom is 0.234 e. The van der Waals surface area contributed by atoms with Gasteiger partial charge >= 0.3 is 0 Å². The highest BCUT2D eigenvalue weighted by Crippen LogP contribution is 2.22. The maximum absolute atomic E-state index is 13.7. The first-order valence-electron chi connectivity index (χ1n) is 6.22. The van der Waals surface area contributed by atoms with Crippen molar-refractivity contribution in [2.45, 2.75) is 12.1 Å². The molecule has 1 aromatic carbocycles. The Labute approximate surface area is 105 Å². The van der Waals surface area contributed by atoms with E-state index in [9.17, 15) is 9.18 Å². The zero-order valence-electron chi connectivity index (χ0n) is 10.0. The molecular formula is C13H16FN3O. The molecule has 2 N–H and O–H groups in total. The third-order valence-electron chi connectivity index (χ3n) is 3.70. The molecule has 0 aromatic heterocycles. The smallest absolute Gasteiger partial charge is 0.234 e. The van der Waals surface area contributed by atoms with Crippen LogP contribution in [0, 0.1) is 5.82 Å². The first-order valence-corrected chi connectivity index (χ1v) is 6.22. The van der Waals surface area contributed by atoms with Crippen molar-refractivity contribution in [2.24, 2.45) is 0 Å². The highest BCUT2D eigenvalue weighted by Gasteiger charge is 2.33. The average molecular weight is 249 g/mol. The molecule has 2 fully saturated rings. The molecule has 0 spiro atoms. The van der Waals surface area contributed by atoms with E-state index in [1.165, 1.54) is 6.07 Å². The van der Waals surface area contributed by atoms with Crippen LogP contribution in [-0.4, -0.2) is 43.0 Å². The van der Waals surface area contributed by atoms with Crippen LogP contribution in [0.3, 0.4) is 0 Å². The van der Waals surface area contributed by atoms with E-state index >= 15 is 0 Å². The maximum atomic E-state index is 13.7. The summed E-state index contributed by atoms with van der Waals surface area (Å²) in [4.78, 5) is 13.5. The summed E-state index contributed by atoms with van der Waals surface area (Å²) in [6, 6.07) is 7.11. The van der Waals surface area contributed by atoms with Crippen molar-refractivity contribution in [3.05, 3.63) is 35.6 Å². The molecule has 0 saturated carbocycles. The molecule has 2 heterocycles. The number of carbonyl (C=O) groups excluding carboxylic acids is 1. The van der Waals surface area contributed by atoms with E-state index in [0.717, 1.165) is 6.54 Å². The van der Waals surface area contributed by atoms with E-state index in [1.54, 1.807) is 12.1 Å². The Hall–Kier alpha value is -1.46. The highest BCUT2D eigenvalue weighted by atomic mass is 19.1. The van der Waals surface area contributed by atoms with Crippen LogP contribution in [0.2, 0.25) is 0 Å². The van der Waals surface area contributed by atoms with Crippen LogP contribution in [0.1, 0.15) is 11.6 Å². The molecule has 2 aliphatic rings. The van der Waals surface area contributed by atoms with Crippen molar-refractivity contribution >= 4 is 5.91 Å². The van der Waals surface area contributed by atoms with Gasteiger partial charge in [0, 0.05) is 37.3 Å². The number of amides is 1. The van der Waals surface area contributed by atoms with Gasteiger partial charge in [-0.3, -0.25) is 9.69 Å². The van der Waals surface area contributed by atoms with Gasteiger partial charge in [-0.2, -0.15) is 0 Å². The molecule has 0 radical (unpaired) electrons. The topological polar surface area (TPSA) is 44.4 Å². The fourth-order valence-corrected chi connectivity index (χ4v) is 2.69. The third kappa shape index (κ3) is 2.11. The largest absolute Gasteiger partial charge is 0.353 e. The monoisotopic (exact) mass is 249 g/mol. The molecule has 4 nitrogen and oxygen atoms in total. The number of nitrogens with zero attached hydrogens (tertiary/aromatic N) is 1. The number of hydrogen-bond donors (Lipinski definition) is 2. The van der Waals surface area contributed by atoms with E-state index in [1.807, 2.05) is 6.07 Å². The van der Waals surface area contributed by atoms with Gasteiger partial charge in [0.25, 0.3) is 0 Å². The summed E-state index contributed by atoms with van der Waals surface area (Å²) in [7, 11) is 0. The number of piperazine rings is 2. The first-order chi connectivity index (χ1) is 8.74. The fraction of sp³-hybridized carbons (Fsp3) is 0.462. The van der Waals surface area contributed by atoms with Gasteiger partial charge in [0.2, 0.25) is 5.91 Å². The SMILES string of the molecule is O=C1CN2CC(c3ccccc3F)NCC2CN1. The highest BCUT2D eigenvalue weighted by molar-refractivity contribution is 5.78. The molecule has 0 aliphatic carbocycles. The van der Waals surface area contributed by atoms with Crippen molar-refractivity contribution in [1.29, 1.82) is 0 Å². The molecule has 2 unspecified atom stereocenters. The van der Waals surface area contributed by atoms with Gasteiger partial charge in [-0.15, -0.1) is 0 Å². The Morgan fingerprint density at radius 1 is 1.28 bits per heavy atom. The number of halogens is 1. The Bertz CT molecular complexity index is 465. The molecule has 3 rings (SSSR count). The molecule has 2 atom stereocenters. The quantitative estimate of drug-likeness (QED) is 0.751. The summed E-state index contributed by atoms with van der Waals surface area (Å²) >= 11 is 0. The summed E-state index contributed by atoms with van der Waals surface area (Å²) in [5.74, 6) is -0.129. The second-order valence-corrected chi connectivity index (χ2v) is 4.87. The number of fused-ring (bicyclic) bond motifs is 1. The van der Waals surface area contributed by atoms with Crippen LogP contribution in [-0.2, 0) is 4.79 Å². The number of nitrogens with one attached hydrogen (secondary N) is 2. The molecule has 96 valence electrons. The third-order valence-corrected chi connectivity index (χ3v) is 3.70. The van der Waals surface area contributed by atoms with E-state index in [2.05, 4.69) is 15.5 Å². The molecule has 2 aliphatic heterocycles. The number of rotatable bonds is 1. The van der Waals surface area contributed by atoms with Crippen LogP contribution >= 0.6 is 0 Å². The Balaban J connectivity index is 1.77. The lowest BCUT2D eigenvalue weighted by molar-refractivity contribution is -0.126. The van der Waals surface area contributed by atoms with E-state index < -0.39 is 0 Å². The number of benzene rings is 1. The van der Waals surface area contributed by atoms with E-state index in [-0.39, 0.29) is 17.8 Å². The van der Waals surface area contributed by atoms with Gasteiger partial charge in [0.05, 0.1) is 6.54 Å². The lowest BCUT2D eigenvalue weighted by Gasteiger charge is -2.42. The van der Waals surface area contributed by atoms with Crippen molar-refractivity contribution < 1.29 is 9.18 Å². The predicted molar refractivity (Wildman–Crippen MR) is 65.5 cm³/mol. The molecule has 5 heteroatoms. The van der Waals surface area contributed by atoms with Gasteiger partial charge in [-0.1, -0.05) is 18.2 Å². The molecule has 1 aromatic rings. The zero-order chi connectivity index (χ0) is 12.5. The van der Waals surface area contributed by atoms with Gasteiger partial charge in [-0.05, 0) is 6.07 Å². The van der Waals surface area contributed by atoms with Crippen LogP contribution in [0.5, 0.6) is 0 Å². The van der Waals surface area contributed by atoms with Gasteiger partial charge in [0.1, 0.15) is 5.82 Å². The van der Waals surface area contributed by atoms with Crippen LogP contribution in [0.15, 0.2) is 24.3 Å². The van der Waals surface area contributed by atoms with Crippen molar-refractivity contribution in [3.63, 3.8) is 0 Å². The van der Waals surface area contributed by atoms with Crippen LogP contribution < -0.4 is 10.6 Å². The minimum Gasteiger partial charge on any atom is -0.353 e. The second kappa shape index (κ2) is 4.66. The number of carbonyl (C=O) groups is 1. The zero-order valence-corrected chi connectivity index (χ0v) is 10.0. The summed E-state index contributed by atoms with van der Waals surface area (Å²) in [5, 5.41) is 6.21. The van der Waals surface area contributed by atoms with E-state index in [4.69, 9.17) is 0 Å². The lowest BCUT2D eigenvalue weighted by Crippen LogP contribution is -2.62. The number of hydrogen-bond acceptors (Lipinski definition) is 3. The summed E-state index contributed by atoms with van der Waals surface area (Å²) in [6.07, 6.45) is 0. The summed E-state index contributed by atoms with van der Waals surface area (Å²) in [6.45, 7) is 2.55. The van der Waals surface area contributed by atoms with Crippen LogP contribution in [0.25, 0.3) is 0 Å². The minimum absolute atomic E-state index is 0.0339. The van der Waals surface area contributed by atoms with Crippen molar-refractivity contribution in [1.82, 2.24) is 15.5 Å². The molecule has 18 heavy (non-hydrogen) atoms. The predicted octanol–water partition coefficient (Wildman–Crippen LogP) is 0.270. The van der Waals surface area contributed by atoms with Crippen molar-refractivity contribution in [3.8, 4) is 0 Å². The second-order valence-electron chi connectivity index (χ2n) is 4.87. The summed E-state index contributed by atoms with van der Waals surface area (Å²) < 4.78 is 13.7. The van der Waals surface area contributed by atoms with Gasteiger partial charge in [0.15, 0.2) is 0 Å². The normalized spacial score (nSPS) is 28.6.